The molecule has 2 heterocycles. The summed E-state index contributed by atoms with van der Waals surface area (Å²) >= 11 is 2.69. The summed E-state index contributed by atoms with van der Waals surface area (Å²) in [6.45, 7) is 7.43. The first-order valence-electron chi connectivity index (χ1n) is 11.7. The van der Waals surface area contributed by atoms with Gasteiger partial charge in [-0.15, -0.1) is 22.7 Å². The van der Waals surface area contributed by atoms with E-state index in [0.717, 1.165) is 11.1 Å². The van der Waals surface area contributed by atoms with E-state index in [2.05, 4.69) is 20.6 Å². The minimum Gasteiger partial charge on any atom is -0.461 e. The molecule has 9 nitrogen and oxygen atoms in total. The Morgan fingerprint density at radius 3 is 1.82 bits per heavy atom. The number of amides is 2. The van der Waals surface area contributed by atoms with Crippen LogP contribution >= 0.6 is 22.7 Å². The van der Waals surface area contributed by atoms with E-state index in [4.69, 9.17) is 9.47 Å². The first-order valence-corrected chi connectivity index (χ1v) is 13.5. The maximum Gasteiger partial charge on any atom is 0.412 e. The van der Waals surface area contributed by atoms with Gasteiger partial charge in [-0.25, -0.2) is 19.6 Å². The lowest BCUT2D eigenvalue weighted by molar-refractivity contribution is 0.0519. The van der Waals surface area contributed by atoms with Gasteiger partial charge in [0.25, 0.3) is 5.91 Å². The predicted octanol–water partition coefficient (Wildman–Crippen LogP) is 6.71. The molecule has 0 fully saturated rings. The van der Waals surface area contributed by atoms with E-state index in [1.165, 1.54) is 22.7 Å². The molecule has 4 aromatic rings. The van der Waals surface area contributed by atoms with Crippen molar-refractivity contribution in [1.29, 1.82) is 0 Å². The fourth-order valence-electron chi connectivity index (χ4n) is 3.22. The number of esters is 1. The van der Waals surface area contributed by atoms with Crippen LogP contribution in [0, 0.1) is 0 Å². The monoisotopic (exact) mass is 550 g/mol. The molecule has 11 heteroatoms. The summed E-state index contributed by atoms with van der Waals surface area (Å²) in [6, 6.07) is 14.3. The van der Waals surface area contributed by atoms with Gasteiger partial charge >= 0.3 is 12.1 Å². The van der Waals surface area contributed by atoms with Crippen molar-refractivity contribution in [3.05, 3.63) is 70.7 Å². The van der Waals surface area contributed by atoms with E-state index in [-0.39, 0.29) is 11.6 Å². The normalized spacial score (nSPS) is 11.1. The van der Waals surface area contributed by atoms with Crippen LogP contribution in [0.3, 0.4) is 0 Å². The lowest BCUT2D eigenvalue weighted by Gasteiger charge is -2.19. The van der Waals surface area contributed by atoms with Crippen LogP contribution < -0.4 is 10.6 Å². The zero-order chi connectivity index (χ0) is 27.3. The van der Waals surface area contributed by atoms with E-state index in [0.29, 0.717) is 33.7 Å². The van der Waals surface area contributed by atoms with Gasteiger partial charge in [0.15, 0.2) is 5.69 Å². The molecule has 0 spiro atoms. The van der Waals surface area contributed by atoms with Crippen LogP contribution in [-0.4, -0.2) is 40.1 Å². The quantitative estimate of drug-likeness (QED) is 0.245. The number of nitrogens with zero attached hydrogens (tertiary/aromatic N) is 2. The molecule has 4 rings (SSSR count). The number of hydrogen-bond donors (Lipinski definition) is 2. The van der Waals surface area contributed by atoms with Gasteiger partial charge in [-0.2, -0.15) is 0 Å². The molecule has 0 aliphatic carbocycles. The molecule has 2 N–H and O–H groups in total. The van der Waals surface area contributed by atoms with Gasteiger partial charge in [-0.05, 0) is 76.2 Å². The summed E-state index contributed by atoms with van der Waals surface area (Å²) in [6.07, 6.45) is -0.528. The van der Waals surface area contributed by atoms with Gasteiger partial charge in [-0.1, -0.05) is 0 Å². The molecule has 0 saturated carbocycles. The fraction of sp³-hybridized carbons (Fsp3) is 0.222. The number of benzene rings is 2. The summed E-state index contributed by atoms with van der Waals surface area (Å²) in [5.41, 5.74) is 2.83. The Morgan fingerprint density at radius 1 is 0.789 bits per heavy atom. The molecule has 0 atom stereocenters. The predicted molar refractivity (Wildman–Crippen MR) is 149 cm³/mol. The highest BCUT2D eigenvalue weighted by molar-refractivity contribution is 7.13. The Balaban J connectivity index is 1.36. The highest BCUT2D eigenvalue weighted by Gasteiger charge is 2.17. The zero-order valence-electron chi connectivity index (χ0n) is 21.2. The van der Waals surface area contributed by atoms with E-state index < -0.39 is 17.7 Å². The number of nitrogens with one attached hydrogen (secondary N) is 2. The largest absolute Gasteiger partial charge is 0.461 e. The number of hydrogen-bond acceptors (Lipinski definition) is 9. The molecular formula is C27H26N4O5S2. The first-order chi connectivity index (χ1) is 18.1. The maximum absolute atomic E-state index is 12.8. The average molecular weight is 551 g/mol. The van der Waals surface area contributed by atoms with Gasteiger partial charge in [0.2, 0.25) is 0 Å². The summed E-state index contributed by atoms with van der Waals surface area (Å²) in [5, 5.41) is 10.2. The second-order valence-corrected chi connectivity index (χ2v) is 10.7. The second kappa shape index (κ2) is 11.5. The number of aromatic nitrogens is 2. The van der Waals surface area contributed by atoms with Gasteiger partial charge in [0.1, 0.15) is 21.3 Å². The molecule has 0 aliphatic rings. The van der Waals surface area contributed by atoms with E-state index >= 15 is 0 Å². The number of rotatable bonds is 7. The molecular weight excluding hydrogens is 524 g/mol. The molecule has 0 aliphatic heterocycles. The summed E-state index contributed by atoms with van der Waals surface area (Å²) < 4.78 is 10.2. The average Bonchev–Trinajstić information content (AvgIpc) is 3.55. The SMILES string of the molecule is CCOC(=O)c1csc(-c2ccc(NC(=O)c3csc(-c4ccc(NC(=O)OC(C)(C)C)cc4)n3)cc2)n1. The Morgan fingerprint density at radius 2 is 1.29 bits per heavy atom. The lowest BCUT2D eigenvalue weighted by Crippen LogP contribution is -2.27. The van der Waals surface area contributed by atoms with Crippen LogP contribution in [0.1, 0.15) is 48.7 Å². The minimum absolute atomic E-state index is 0.275. The molecule has 0 saturated heterocycles. The van der Waals surface area contributed by atoms with Crippen LogP contribution in [-0.2, 0) is 9.47 Å². The molecule has 2 aromatic heterocycles. The highest BCUT2D eigenvalue weighted by atomic mass is 32.1. The van der Waals surface area contributed by atoms with Gasteiger partial charge in [-0.3, -0.25) is 10.1 Å². The van der Waals surface area contributed by atoms with E-state index in [1.807, 2.05) is 24.3 Å². The van der Waals surface area contributed by atoms with Crippen molar-refractivity contribution in [2.45, 2.75) is 33.3 Å². The summed E-state index contributed by atoms with van der Waals surface area (Å²) in [4.78, 5) is 45.3. The number of anilines is 2. The standard InChI is InChI=1S/C27H26N4O5S2/c1-5-35-25(33)21-15-38-24(31-21)17-6-10-18(11-7-17)28-22(32)20-14-37-23(30-20)16-8-12-19(13-9-16)29-26(34)36-27(2,3)4/h6-15H,5H2,1-4H3,(H,28,32)(H,29,34). The fourth-order valence-corrected chi connectivity index (χ4v) is 4.83. The number of ether oxygens (including phenoxy) is 2. The van der Waals surface area contributed by atoms with Crippen LogP contribution in [0.4, 0.5) is 16.2 Å². The molecule has 0 bridgehead atoms. The number of carbonyl (C=O) groups excluding carboxylic acids is 3. The smallest absolute Gasteiger partial charge is 0.412 e. The van der Waals surface area contributed by atoms with Gasteiger partial charge in [0.05, 0.1) is 6.61 Å². The Kier molecular flexibility index (Phi) is 8.18. The van der Waals surface area contributed by atoms with Crippen LogP contribution in [0.15, 0.2) is 59.3 Å². The van der Waals surface area contributed by atoms with Gasteiger partial charge in [0, 0.05) is 33.3 Å². The van der Waals surface area contributed by atoms with E-state index in [1.54, 1.807) is 62.7 Å². The van der Waals surface area contributed by atoms with Crippen molar-refractivity contribution in [3.63, 3.8) is 0 Å². The van der Waals surface area contributed by atoms with Crippen LogP contribution in [0.5, 0.6) is 0 Å². The third-order valence-electron chi connectivity index (χ3n) is 4.89. The number of thiazole rings is 2. The summed E-state index contributed by atoms with van der Waals surface area (Å²) in [5.74, 6) is -0.780. The van der Waals surface area contributed by atoms with Crippen molar-refractivity contribution in [3.8, 4) is 21.1 Å². The third-order valence-corrected chi connectivity index (χ3v) is 6.68. The van der Waals surface area contributed by atoms with E-state index in [9.17, 15) is 14.4 Å². The second-order valence-electron chi connectivity index (χ2n) is 9.03. The topological polar surface area (TPSA) is 120 Å². The third kappa shape index (κ3) is 7.02. The first kappa shape index (κ1) is 27.0. The molecule has 0 radical (unpaired) electrons. The molecule has 0 unspecified atom stereocenters. The van der Waals surface area contributed by atoms with Crippen molar-refractivity contribution in [2.24, 2.45) is 0 Å². The van der Waals surface area contributed by atoms with Crippen LogP contribution in [0.25, 0.3) is 21.1 Å². The highest BCUT2D eigenvalue weighted by Crippen LogP contribution is 2.27. The Hall–Kier alpha value is -4.09. The zero-order valence-corrected chi connectivity index (χ0v) is 22.9. The Labute approximate surface area is 227 Å². The minimum atomic E-state index is -0.583. The molecule has 2 amide bonds. The summed E-state index contributed by atoms with van der Waals surface area (Å²) in [7, 11) is 0. The van der Waals surface area contributed by atoms with Crippen molar-refractivity contribution in [2.75, 3.05) is 17.2 Å². The van der Waals surface area contributed by atoms with Crippen molar-refractivity contribution < 1.29 is 23.9 Å². The lowest BCUT2D eigenvalue weighted by atomic mass is 10.2. The van der Waals surface area contributed by atoms with Crippen LogP contribution in [0.2, 0.25) is 0 Å². The van der Waals surface area contributed by atoms with Gasteiger partial charge < -0.3 is 14.8 Å². The van der Waals surface area contributed by atoms with Crippen molar-refractivity contribution >= 4 is 52.0 Å². The Bertz CT molecular complexity index is 1440. The maximum atomic E-state index is 12.8. The van der Waals surface area contributed by atoms with Crippen molar-refractivity contribution in [1.82, 2.24) is 9.97 Å². The molecule has 2 aromatic carbocycles. The number of carbonyl (C=O) groups is 3. The molecule has 38 heavy (non-hydrogen) atoms. The molecule has 196 valence electrons.